The SMILES string of the molecule is COC1=C(C2C3=C(CC(C)(C)CC3=O)Oc3ccccc32)C(=O)CC(C)(C)C1. The Morgan fingerprint density at radius 1 is 0.893 bits per heavy atom. The molecule has 0 aromatic heterocycles. The topological polar surface area (TPSA) is 52.6 Å². The third-order valence-corrected chi connectivity index (χ3v) is 6.04. The third-order valence-electron chi connectivity index (χ3n) is 6.04. The average molecular weight is 380 g/mol. The van der Waals surface area contributed by atoms with E-state index in [1.807, 2.05) is 24.3 Å². The smallest absolute Gasteiger partial charge is 0.163 e. The summed E-state index contributed by atoms with van der Waals surface area (Å²) in [5.41, 5.74) is 1.87. The maximum Gasteiger partial charge on any atom is 0.163 e. The molecule has 0 N–H and O–H groups in total. The summed E-state index contributed by atoms with van der Waals surface area (Å²) in [5, 5.41) is 0. The van der Waals surface area contributed by atoms with Gasteiger partial charge >= 0.3 is 0 Å². The van der Waals surface area contributed by atoms with Crippen molar-refractivity contribution >= 4 is 11.6 Å². The number of carbonyl (C=O) groups is 2. The summed E-state index contributed by atoms with van der Waals surface area (Å²) in [6.45, 7) is 8.33. The van der Waals surface area contributed by atoms with Crippen LogP contribution in [0.4, 0.5) is 0 Å². The Bertz CT molecular complexity index is 930. The highest BCUT2D eigenvalue weighted by Crippen LogP contribution is 2.53. The van der Waals surface area contributed by atoms with Crippen molar-refractivity contribution in [2.24, 2.45) is 10.8 Å². The lowest BCUT2D eigenvalue weighted by molar-refractivity contribution is -0.119. The fraction of sp³-hybridized carbons (Fsp3) is 0.500. The number of ketones is 2. The molecule has 0 fully saturated rings. The third kappa shape index (κ3) is 3.09. The first-order valence-corrected chi connectivity index (χ1v) is 9.95. The Kier molecular flexibility index (Phi) is 4.29. The summed E-state index contributed by atoms with van der Waals surface area (Å²) in [6.07, 6.45) is 2.29. The van der Waals surface area contributed by atoms with Crippen molar-refractivity contribution in [2.45, 2.75) is 59.3 Å². The van der Waals surface area contributed by atoms with Gasteiger partial charge in [0.05, 0.1) is 13.0 Å². The molecule has 1 aliphatic heterocycles. The van der Waals surface area contributed by atoms with Crippen LogP contribution in [0.3, 0.4) is 0 Å². The first-order valence-electron chi connectivity index (χ1n) is 9.95. The first-order chi connectivity index (χ1) is 13.1. The van der Waals surface area contributed by atoms with Crippen LogP contribution in [0.25, 0.3) is 0 Å². The number of carbonyl (C=O) groups excluding carboxylic acids is 2. The van der Waals surface area contributed by atoms with E-state index in [1.54, 1.807) is 7.11 Å². The van der Waals surface area contributed by atoms with Gasteiger partial charge in [0.2, 0.25) is 0 Å². The van der Waals surface area contributed by atoms with Gasteiger partial charge in [-0.15, -0.1) is 0 Å². The number of hydrogen-bond acceptors (Lipinski definition) is 4. The summed E-state index contributed by atoms with van der Waals surface area (Å²) in [5.74, 6) is 1.89. The Morgan fingerprint density at radius 3 is 2.18 bits per heavy atom. The van der Waals surface area contributed by atoms with E-state index in [1.165, 1.54) is 0 Å². The molecule has 1 atom stereocenters. The van der Waals surface area contributed by atoms with Gasteiger partial charge in [0.15, 0.2) is 11.6 Å². The fourth-order valence-corrected chi connectivity index (χ4v) is 4.87. The lowest BCUT2D eigenvalue weighted by Gasteiger charge is -2.40. The van der Waals surface area contributed by atoms with Gasteiger partial charge in [-0.25, -0.2) is 0 Å². The molecule has 0 amide bonds. The molecule has 4 nitrogen and oxygen atoms in total. The largest absolute Gasteiger partial charge is 0.501 e. The molecule has 0 spiro atoms. The zero-order valence-electron chi connectivity index (χ0n) is 17.3. The highest BCUT2D eigenvalue weighted by Gasteiger charge is 2.46. The quantitative estimate of drug-likeness (QED) is 0.717. The van der Waals surface area contributed by atoms with Gasteiger partial charge in [0.25, 0.3) is 0 Å². The van der Waals surface area contributed by atoms with Crippen molar-refractivity contribution in [3.63, 3.8) is 0 Å². The second-order valence-corrected chi connectivity index (χ2v) is 9.83. The molecule has 28 heavy (non-hydrogen) atoms. The van der Waals surface area contributed by atoms with E-state index in [9.17, 15) is 9.59 Å². The van der Waals surface area contributed by atoms with Crippen molar-refractivity contribution in [3.8, 4) is 5.75 Å². The van der Waals surface area contributed by atoms with Gasteiger partial charge in [-0.05, 0) is 16.9 Å². The summed E-state index contributed by atoms with van der Waals surface area (Å²) in [4.78, 5) is 26.5. The molecule has 0 radical (unpaired) electrons. The van der Waals surface area contributed by atoms with Crippen molar-refractivity contribution in [1.29, 1.82) is 0 Å². The van der Waals surface area contributed by atoms with Crippen molar-refractivity contribution < 1.29 is 19.1 Å². The predicted octanol–water partition coefficient (Wildman–Crippen LogP) is 5.10. The Labute approximate surface area is 166 Å². The van der Waals surface area contributed by atoms with E-state index in [0.717, 1.165) is 11.3 Å². The van der Waals surface area contributed by atoms with Crippen LogP contribution >= 0.6 is 0 Å². The van der Waals surface area contributed by atoms with Crippen LogP contribution in [0.1, 0.15) is 64.9 Å². The molecule has 1 heterocycles. The van der Waals surface area contributed by atoms with Crippen LogP contribution in [-0.2, 0) is 14.3 Å². The van der Waals surface area contributed by atoms with Gasteiger partial charge in [-0.2, -0.15) is 0 Å². The number of rotatable bonds is 2. The molecular weight excluding hydrogens is 352 g/mol. The Balaban J connectivity index is 1.95. The van der Waals surface area contributed by atoms with Crippen LogP contribution < -0.4 is 4.74 Å². The Morgan fingerprint density at radius 2 is 1.50 bits per heavy atom. The molecular formula is C24H28O4. The predicted molar refractivity (Wildman–Crippen MR) is 107 cm³/mol. The first kappa shape index (κ1) is 19.0. The molecule has 0 bridgehead atoms. The summed E-state index contributed by atoms with van der Waals surface area (Å²) in [7, 11) is 1.62. The Hall–Kier alpha value is -2.36. The highest BCUT2D eigenvalue weighted by atomic mass is 16.5. The van der Waals surface area contributed by atoms with E-state index in [4.69, 9.17) is 9.47 Å². The van der Waals surface area contributed by atoms with Gasteiger partial charge in [-0.1, -0.05) is 45.9 Å². The van der Waals surface area contributed by atoms with Crippen LogP contribution in [0.15, 0.2) is 46.9 Å². The molecule has 1 aromatic rings. The zero-order valence-corrected chi connectivity index (χ0v) is 17.3. The lowest BCUT2D eigenvalue weighted by Crippen LogP contribution is -2.36. The second kappa shape index (κ2) is 6.33. The monoisotopic (exact) mass is 380 g/mol. The molecule has 1 unspecified atom stereocenters. The minimum absolute atomic E-state index is 0.0688. The molecule has 0 saturated heterocycles. The van der Waals surface area contributed by atoms with E-state index in [0.29, 0.717) is 48.3 Å². The van der Waals surface area contributed by atoms with Gasteiger partial charge in [0, 0.05) is 42.4 Å². The van der Waals surface area contributed by atoms with Crippen LogP contribution in [-0.4, -0.2) is 18.7 Å². The summed E-state index contributed by atoms with van der Waals surface area (Å²) < 4.78 is 11.9. The molecule has 0 saturated carbocycles. The standard InChI is InChI=1S/C24H28O4/c1-23(2)10-15(25)21(18(12-23)27-5)20-14-8-6-7-9-17(14)28-19-13-24(3,4)11-16(26)22(19)20/h6-9,20H,10-13H2,1-5H3. The molecule has 1 aromatic carbocycles. The van der Waals surface area contributed by atoms with E-state index >= 15 is 0 Å². The van der Waals surface area contributed by atoms with Gasteiger partial charge in [-0.3, -0.25) is 9.59 Å². The van der Waals surface area contributed by atoms with E-state index in [2.05, 4.69) is 27.7 Å². The van der Waals surface area contributed by atoms with Crippen molar-refractivity contribution in [1.82, 2.24) is 0 Å². The average Bonchev–Trinajstić information content (AvgIpc) is 2.58. The fourth-order valence-electron chi connectivity index (χ4n) is 4.87. The number of ether oxygens (including phenoxy) is 2. The number of benzene rings is 1. The zero-order chi connectivity index (χ0) is 20.3. The molecule has 4 heteroatoms. The normalized spacial score (nSPS) is 25.8. The van der Waals surface area contributed by atoms with Crippen molar-refractivity contribution in [3.05, 3.63) is 52.5 Å². The molecule has 3 aliphatic rings. The highest BCUT2D eigenvalue weighted by molar-refractivity contribution is 6.06. The summed E-state index contributed by atoms with van der Waals surface area (Å²) >= 11 is 0. The molecule has 4 rings (SSSR count). The van der Waals surface area contributed by atoms with E-state index in [-0.39, 0.29) is 22.4 Å². The number of hydrogen-bond donors (Lipinski definition) is 0. The number of methoxy groups -OCH3 is 1. The number of fused-ring (bicyclic) bond motifs is 1. The minimum atomic E-state index is -0.401. The molecule has 148 valence electrons. The second-order valence-electron chi connectivity index (χ2n) is 9.83. The van der Waals surface area contributed by atoms with Crippen LogP contribution in [0.5, 0.6) is 5.75 Å². The minimum Gasteiger partial charge on any atom is -0.501 e. The molecule has 2 aliphatic carbocycles. The summed E-state index contributed by atoms with van der Waals surface area (Å²) in [6, 6.07) is 7.74. The van der Waals surface area contributed by atoms with Crippen LogP contribution in [0.2, 0.25) is 0 Å². The van der Waals surface area contributed by atoms with Crippen LogP contribution in [0, 0.1) is 10.8 Å². The number of allylic oxidation sites excluding steroid dienone is 4. The van der Waals surface area contributed by atoms with Crippen molar-refractivity contribution in [2.75, 3.05) is 7.11 Å². The van der Waals surface area contributed by atoms with Gasteiger partial charge < -0.3 is 9.47 Å². The lowest BCUT2D eigenvalue weighted by atomic mass is 9.66. The number of Topliss-reactive ketones (excluding diaryl/α,β-unsaturated/α-hetero) is 2. The van der Waals surface area contributed by atoms with Gasteiger partial charge in [0.1, 0.15) is 17.3 Å². The number of para-hydroxylation sites is 1. The maximum atomic E-state index is 13.3. The van der Waals surface area contributed by atoms with E-state index < -0.39 is 5.92 Å². The maximum absolute atomic E-state index is 13.3.